The van der Waals surface area contributed by atoms with Gasteiger partial charge in [0.05, 0.1) is 12.4 Å². The molecule has 0 aliphatic rings. The predicted octanol–water partition coefficient (Wildman–Crippen LogP) is 2.78. The van der Waals surface area contributed by atoms with E-state index in [4.69, 9.17) is 0 Å². The Kier molecular flexibility index (Phi) is 5.73. The van der Waals surface area contributed by atoms with Crippen LogP contribution in [0.4, 0.5) is 11.6 Å². The fourth-order valence-electron chi connectivity index (χ4n) is 1.57. The van der Waals surface area contributed by atoms with Gasteiger partial charge < -0.3 is 10.2 Å². The van der Waals surface area contributed by atoms with E-state index in [1.54, 1.807) is 6.20 Å². The summed E-state index contributed by atoms with van der Waals surface area (Å²) in [5.41, 5.74) is 0. The maximum Gasteiger partial charge on any atom is 0.149 e. The fourth-order valence-corrected chi connectivity index (χ4v) is 1.57. The summed E-state index contributed by atoms with van der Waals surface area (Å²) in [5, 5.41) is 3.26. The molecule has 0 aromatic carbocycles. The summed E-state index contributed by atoms with van der Waals surface area (Å²) in [4.78, 5) is 10.9. The SMILES string of the molecule is CCCNc1cncc(N(C)CC(C)CC)n1. The highest BCUT2D eigenvalue weighted by Gasteiger charge is 2.07. The molecule has 0 bridgehead atoms. The maximum absolute atomic E-state index is 4.55. The Balaban J connectivity index is 2.63. The largest absolute Gasteiger partial charge is 0.369 e. The van der Waals surface area contributed by atoms with Crippen LogP contribution < -0.4 is 10.2 Å². The van der Waals surface area contributed by atoms with Gasteiger partial charge in [0.25, 0.3) is 0 Å². The molecule has 4 nitrogen and oxygen atoms in total. The second kappa shape index (κ2) is 7.09. The van der Waals surface area contributed by atoms with Crippen LogP contribution in [0.2, 0.25) is 0 Å². The van der Waals surface area contributed by atoms with Gasteiger partial charge in [-0.15, -0.1) is 0 Å². The lowest BCUT2D eigenvalue weighted by atomic mass is 10.1. The first-order valence-electron chi connectivity index (χ1n) is 6.44. The normalized spacial score (nSPS) is 12.2. The third-order valence-corrected chi connectivity index (χ3v) is 2.85. The van der Waals surface area contributed by atoms with E-state index in [0.717, 1.165) is 31.1 Å². The Morgan fingerprint density at radius 1 is 1.35 bits per heavy atom. The molecule has 0 aliphatic heterocycles. The van der Waals surface area contributed by atoms with Gasteiger partial charge in [0, 0.05) is 20.1 Å². The Morgan fingerprint density at radius 2 is 2.12 bits per heavy atom. The molecule has 0 aliphatic carbocycles. The number of hydrogen-bond acceptors (Lipinski definition) is 4. The lowest BCUT2D eigenvalue weighted by Gasteiger charge is -2.21. The van der Waals surface area contributed by atoms with E-state index in [1.807, 2.05) is 6.20 Å². The van der Waals surface area contributed by atoms with Crippen LogP contribution >= 0.6 is 0 Å². The van der Waals surface area contributed by atoms with E-state index in [9.17, 15) is 0 Å². The topological polar surface area (TPSA) is 41.1 Å². The second-order valence-electron chi connectivity index (χ2n) is 4.58. The van der Waals surface area contributed by atoms with Crippen molar-refractivity contribution in [1.29, 1.82) is 0 Å². The van der Waals surface area contributed by atoms with Gasteiger partial charge in [0.15, 0.2) is 0 Å². The smallest absolute Gasteiger partial charge is 0.149 e. The van der Waals surface area contributed by atoms with Gasteiger partial charge in [-0.2, -0.15) is 0 Å². The number of nitrogens with zero attached hydrogens (tertiary/aromatic N) is 3. The van der Waals surface area contributed by atoms with E-state index in [2.05, 4.69) is 48.0 Å². The minimum Gasteiger partial charge on any atom is -0.369 e. The monoisotopic (exact) mass is 236 g/mol. The summed E-state index contributed by atoms with van der Waals surface area (Å²) in [6.45, 7) is 8.56. The van der Waals surface area contributed by atoms with Gasteiger partial charge in [0.1, 0.15) is 11.6 Å². The highest BCUT2D eigenvalue weighted by molar-refractivity contribution is 5.43. The summed E-state index contributed by atoms with van der Waals surface area (Å²) in [6, 6.07) is 0. The van der Waals surface area contributed by atoms with Gasteiger partial charge in [-0.3, -0.25) is 4.98 Å². The zero-order valence-electron chi connectivity index (χ0n) is 11.4. The van der Waals surface area contributed by atoms with Crippen molar-refractivity contribution in [2.75, 3.05) is 30.4 Å². The van der Waals surface area contributed by atoms with Crippen molar-refractivity contribution in [1.82, 2.24) is 9.97 Å². The van der Waals surface area contributed by atoms with E-state index in [-0.39, 0.29) is 0 Å². The molecule has 1 atom stereocenters. The van der Waals surface area contributed by atoms with Crippen LogP contribution in [0, 0.1) is 5.92 Å². The lowest BCUT2D eigenvalue weighted by molar-refractivity contribution is 0.557. The molecule has 0 radical (unpaired) electrons. The number of rotatable bonds is 7. The van der Waals surface area contributed by atoms with Crippen LogP contribution in [0.25, 0.3) is 0 Å². The zero-order chi connectivity index (χ0) is 12.7. The van der Waals surface area contributed by atoms with Crippen molar-refractivity contribution >= 4 is 11.6 Å². The first kappa shape index (κ1) is 13.7. The molecule has 1 N–H and O–H groups in total. The van der Waals surface area contributed by atoms with E-state index in [1.165, 1.54) is 6.42 Å². The van der Waals surface area contributed by atoms with Crippen molar-refractivity contribution in [3.63, 3.8) is 0 Å². The van der Waals surface area contributed by atoms with Gasteiger partial charge in [0.2, 0.25) is 0 Å². The zero-order valence-corrected chi connectivity index (χ0v) is 11.4. The molecule has 1 aromatic heterocycles. The van der Waals surface area contributed by atoms with E-state index in [0.29, 0.717) is 5.92 Å². The number of hydrogen-bond donors (Lipinski definition) is 1. The maximum atomic E-state index is 4.55. The number of aromatic nitrogens is 2. The van der Waals surface area contributed by atoms with E-state index >= 15 is 0 Å². The molecule has 0 saturated carbocycles. The molecule has 96 valence electrons. The molecule has 0 fully saturated rings. The summed E-state index contributed by atoms with van der Waals surface area (Å²) in [5.74, 6) is 2.47. The van der Waals surface area contributed by atoms with Crippen LogP contribution in [0.3, 0.4) is 0 Å². The Labute approximate surface area is 104 Å². The van der Waals surface area contributed by atoms with Crippen molar-refractivity contribution in [3.05, 3.63) is 12.4 Å². The third-order valence-electron chi connectivity index (χ3n) is 2.85. The molecule has 0 spiro atoms. The van der Waals surface area contributed by atoms with Crippen molar-refractivity contribution in [2.24, 2.45) is 5.92 Å². The molecule has 0 amide bonds. The van der Waals surface area contributed by atoms with E-state index < -0.39 is 0 Å². The van der Waals surface area contributed by atoms with Crippen LogP contribution in [-0.2, 0) is 0 Å². The Bertz CT molecular complexity index is 327. The molecular weight excluding hydrogens is 212 g/mol. The van der Waals surface area contributed by atoms with Crippen LogP contribution in [0.1, 0.15) is 33.6 Å². The Morgan fingerprint density at radius 3 is 2.76 bits per heavy atom. The fraction of sp³-hybridized carbons (Fsp3) is 0.692. The van der Waals surface area contributed by atoms with Crippen molar-refractivity contribution in [3.8, 4) is 0 Å². The van der Waals surface area contributed by atoms with Gasteiger partial charge in [-0.05, 0) is 12.3 Å². The van der Waals surface area contributed by atoms with Crippen molar-refractivity contribution < 1.29 is 0 Å². The summed E-state index contributed by atoms with van der Waals surface area (Å²) >= 11 is 0. The molecule has 4 heteroatoms. The molecule has 0 saturated heterocycles. The molecule has 1 aromatic rings. The average Bonchev–Trinajstić information content (AvgIpc) is 2.36. The summed E-state index contributed by atoms with van der Waals surface area (Å²) < 4.78 is 0. The standard InChI is InChI=1S/C13H24N4/c1-5-7-15-12-8-14-9-13(16-12)17(4)10-11(3)6-2/h8-9,11H,5-7,10H2,1-4H3,(H,15,16). The third kappa shape index (κ3) is 4.59. The summed E-state index contributed by atoms with van der Waals surface area (Å²) in [7, 11) is 2.07. The van der Waals surface area contributed by atoms with Crippen LogP contribution in [0.5, 0.6) is 0 Å². The predicted molar refractivity (Wildman–Crippen MR) is 73.5 cm³/mol. The first-order chi connectivity index (χ1) is 8.17. The minimum atomic E-state index is 0.675. The minimum absolute atomic E-state index is 0.675. The quantitative estimate of drug-likeness (QED) is 0.790. The Hall–Kier alpha value is -1.32. The molecular formula is C13H24N4. The average molecular weight is 236 g/mol. The highest BCUT2D eigenvalue weighted by atomic mass is 15.2. The van der Waals surface area contributed by atoms with Gasteiger partial charge >= 0.3 is 0 Å². The van der Waals surface area contributed by atoms with Crippen LogP contribution in [-0.4, -0.2) is 30.1 Å². The molecule has 1 heterocycles. The summed E-state index contributed by atoms with van der Waals surface area (Å²) in [6.07, 6.45) is 5.87. The van der Waals surface area contributed by atoms with Crippen molar-refractivity contribution in [2.45, 2.75) is 33.6 Å². The van der Waals surface area contributed by atoms with Gasteiger partial charge in [-0.25, -0.2) is 4.98 Å². The molecule has 17 heavy (non-hydrogen) atoms. The number of nitrogens with one attached hydrogen (secondary N) is 1. The molecule has 1 rings (SSSR count). The van der Waals surface area contributed by atoms with Crippen LogP contribution in [0.15, 0.2) is 12.4 Å². The van der Waals surface area contributed by atoms with Gasteiger partial charge in [-0.1, -0.05) is 27.2 Å². The molecule has 1 unspecified atom stereocenters. The lowest BCUT2D eigenvalue weighted by Crippen LogP contribution is -2.24. The highest BCUT2D eigenvalue weighted by Crippen LogP contribution is 2.13. The number of anilines is 2. The first-order valence-corrected chi connectivity index (χ1v) is 6.44. The second-order valence-corrected chi connectivity index (χ2v) is 4.58.